The predicted octanol–water partition coefficient (Wildman–Crippen LogP) is 2.13. The Morgan fingerprint density at radius 3 is 2.50 bits per heavy atom. The third kappa shape index (κ3) is 2.13. The summed E-state index contributed by atoms with van der Waals surface area (Å²) >= 11 is 0. The highest BCUT2D eigenvalue weighted by atomic mass is 15.1. The summed E-state index contributed by atoms with van der Waals surface area (Å²) in [6.45, 7) is 2.08. The smallest absolute Gasteiger partial charge is 0.0491 e. The number of hydrogen-bond acceptors (Lipinski definition) is 2. The normalized spacial score (nSPS) is 18.6. The number of nitrogens with two attached hydrogens (primary N) is 1. The minimum absolute atomic E-state index is 0.162. The minimum atomic E-state index is 0.162. The number of likely N-dealkylation sites (N-methyl/N-ethyl adjacent to an activating group) is 1. The largest absolute Gasteiger partial charge is 0.326 e. The van der Waals surface area contributed by atoms with Crippen LogP contribution in [0.5, 0.6) is 0 Å². The van der Waals surface area contributed by atoms with Gasteiger partial charge in [0.2, 0.25) is 0 Å². The summed E-state index contributed by atoms with van der Waals surface area (Å²) in [4.78, 5) is 2.21. The molecule has 2 atom stereocenters. The second kappa shape index (κ2) is 4.56. The molecule has 2 rings (SSSR count). The molecule has 1 aliphatic carbocycles. The van der Waals surface area contributed by atoms with Crippen LogP contribution in [-0.2, 0) is 12.8 Å². The fourth-order valence-corrected chi connectivity index (χ4v) is 2.85. The van der Waals surface area contributed by atoms with Crippen molar-refractivity contribution in [1.29, 1.82) is 0 Å². The Bertz CT molecular complexity index is 361. The Hall–Kier alpha value is -0.860. The summed E-state index contributed by atoms with van der Waals surface area (Å²) in [6.07, 6.45) is 3.80. The van der Waals surface area contributed by atoms with Gasteiger partial charge in [0.05, 0.1) is 0 Å². The zero-order chi connectivity index (χ0) is 11.7. The van der Waals surface area contributed by atoms with Crippen LogP contribution in [0, 0.1) is 0 Å². The second-order valence-electron chi connectivity index (χ2n) is 5.15. The number of nitrogens with zero attached hydrogens (tertiary/aromatic N) is 1. The summed E-state index contributed by atoms with van der Waals surface area (Å²) in [5.41, 5.74) is 10.5. The lowest BCUT2D eigenvalue weighted by Crippen LogP contribution is -2.35. The van der Waals surface area contributed by atoms with Crippen LogP contribution in [-0.4, -0.2) is 25.0 Å². The third-order valence-electron chi connectivity index (χ3n) is 3.52. The highest BCUT2D eigenvalue weighted by Gasteiger charge is 2.20. The van der Waals surface area contributed by atoms with Gasteiger partial charge in [-0.3, -0.25) is 0 Å². The maximum Gasteiger partial charge on any atom is 0.0491 e. The lowest BCUT2D eigenvalue weighted by Gasteiger charge is -2.28. The topological polar surface area (TPSA) is 29.3 Å². The summed E-state index contributed by atoms with van der Waals surface area (Å²) in [5.74, 6) is 0. The summed E-state index contributed by atoms with van der Waals surface area (Å²) in [6, 6.07) is 7.38. The molecule has 0 spiro atoms. The van der Waals surface area contributed by atoms with E-state index in [2.05, 4.69) is 44.1 Å². The van der Waals surface area contributed by atoms with Crippen LogP contribution >= 0.6 is 0 Å². The summed E-state index contributed by atoms with van der Waals surface area (Å²) in [5, 5.41) is 0. The van der Waals surface area contributed by atoms with Crippen LogP contribution in [0.25, 0.3) is 0 Å². The van der Waals surface area contributed by atoms with E-state index in [1.807, 2.05) is 0 Å². The molecular weight excluding hydrogens is 196 g/mol. The maximum absolute atomic E-state index is 6.07. The van der Waals surface area contributed by atoms with E-state index >= 15 is 0 Å². The van der Waals surface area contributed by atoms with Gasteiger partial charge in [0.25, 0.3) is 0 Å². The van der Waals surface area contributed by atoms with E-state index in [4.69, 9.17) is 5.73 Å². The van der Waals surface area contributed by atoms with Crippen LogP contribution in [0.1, 0.15) is 36.1 Å². The minimum Gasteiger partial charge on any atom is -0.326 e. The van der Waals surface area contributed by atoms with E-state index in [1.165, 1.54) is 36.0 Å². The molecule has 0 radical (unpaired) electrons. The first-order valence-corrected chi connectivity index (χ1v) is 6.13. The molecule has 2 heteroatoms. The monoisotopic (exact) mass is 218 g/mol. The van der Waals surface area contributed by atoms with Crippen molar-refractivity contribution in [3.63, 3.8) is 0 Å². The van der Waals surface area contributed by atoms with Crippen LogP contribution in [0.4, 0.5) is 0 Å². The molecule has 2 nitrogen and oxygen atoms in total. The first kappa shape index (κ1) is 11.6. The van der Waals surface area contributed by atoms with Gasteiger partial charge in [0.15, 0.2) is 0 Å². The summed E-state index contributed by atoms with van der Waals surface area (Å²) in [7, 11) is 4.20. The number of hydrogen-bond donors (Lipinski definition) is 1. The highest BCUT2D eigenvalue weighted by molar-refractivity contribution is 5.37. The molecule has 2 unspecified atom stereocenters. The molecule has 1 aromatic rings. The fraction of sp³-hybridized carbons (Fsp3) is 0.571. The van der Waals surface area contributed by atoms with Crippen LogP contribution in [0.2, 0.25) is 0 Å². The number of aryl methyl sites for hydroxylation is 2. The van der Waals surface area contributed by atoms with Crippen molar-refractivity contribution in [3.05, 3.63) is 34.9 Å². The van der Waals surface area contributed by atoms with Crippen molar-refractivity contribution in [1.82, 2.24) is 4.90 Å². The van der Waals surface area contributed by atoms with Gasteiger partial charge in [-0.05, 0) is 57.0 Å². The Kier molecular flexibility index (Phi) is 3.31. The predicted molar refractivity (Wildman–Crippen MR) is 68.5 cm³/mol. The van der Waals surface area contributed by atoms with Gasteiger partial charge >= 0.3 is 0 Å². The molecule has 2 N–H and O–H groups in total. The number of fused-ring (bicyclic) bond motifs is 1. The van der Waals surface area contributed by atoms with Gasteiger partial charge in [-0.1, -0.05) is 18.2 Å². The quantitative estimate of drug-likeness (QED) is 0.842. The van der Waals surface area contributed by atoms with Crippen molar-refractivity contribution in [2.75, 3.05) is 14.1 Å². The van der Waals surface area contributed by atoms with Gasteiger partial charge in [0, 0.05) is 12.1 Å². The molecule has 0 fully saturated rings. The SMILES string of the molecule is CC(N)C(c1ccc2c(c1)CCC2)N(C)C. The average Bonchev–Trinajstić information content (AvgIpc) is 2.63. The molecule has 0 aliphatic heterocycles. The van der Waals surface area contributed by atoms with Crippen LogP contribution in [0.3, 0.4) is 0 Å². The Morgan fingerprint density at radius 2 is 1.88 bits per heavy atom. The highest BCUT2D eigenvalue weighted by Crippen LogP contribution is 2.28. The molecule has 0 saturated carbocycles. The van der Waals surface area contributed by atoms with Gasteiger partial charge in [-0.2, -0.15) is 0 Å². The van der Waals surface area contributed by atoms with Gasteiger partial charge < -0.3 is 10.6 Å². The first-order valence-electron chi connectivity index (χ1n) is 6.13. The van der Waals surface area contributed by atoms with Crippen molar-refractivity contribution in [3.8, 4) is 0 Å². The van der Waals surface area contributed by atoms with Crippen molar-refractivity contribution in [2.24, 2.45) is 5.73 Å². The lowest BCUT2D eigenvalue weighted by atomic mass is 9.96. The zero-order valence-electron chi connectivity index (χ0n) is 10.5. The van der Waals surface area contributed by atoms with Gasteiger partial charge in [0.1, 0.15) is 0 Å². The molecule has 0 saturated heterocycles. The number of benzene rings is 1. The van der Waals surface area contributed by atoms with Crippen LogP contribution < -0.4 is 5.73 Å². The van der Waals surface area contributed by atoms with Crippen LogP contribution in [0.15, 0.2) is 18.2 Å². The second-order valence-corrected chi connectivity index (χ2v) is 5.15. The van der Waals surface area contributed by atoms with Gasteiger partial charge in [-0.25, -0.2) is 0 Å². The average molecular weight is 218 g/mol. The molecule has 88 valence electrons. The first-order chi connectivity index (χ1) is 7.59. The molecule has 16 heavy (non-hydrogen) atoms. The molecular formula is C14H22N2. The standard InChI is InChI=1S/C14H22N2/c1-10(15)14(16(2)3)13-8-7-11-5-4-6-12(11)9-13/h7-10,14H,4-6,15H2,1-3H3. The van der Waals surface area contributed by atoms with Crippen molar-refractivity contribution >= 4 is 0 Å². The van der Waals surface area contributed by atoms with E-state index in [0.29, 0.717) is 6.04 Å². The fourth-order valence-electron chi connectivity index (χ4n) is 2.85. The molecule has 0 bridgehead atoms. The maximum atomic E-state index is 6.07. The van der Waals surface area contributed by atoms with E-state index in [-0.39, 0.29) is 6.04 Å². The lowest BCUT2D eigenvalue weighted by molar-refractivity contribution is 0.266. The molecule has 1 aromatic carbocycles. The Balaban J connectivity index is 2.32. The van der Waals surface area contributed by atoms with E-state index in [9.17, 15) is 0 Å². The Morgan fingerprint density at radius 1 is 1.19 bits per heavy atom. The molecule has 0 amide bonds. The van der Waals surface area contributed by atoms with E-state index in [0.717, 1.165) is 0 Å². The van der Waals surface area contributed by atoms with E-state index < -0.39 is 0 Å². The van der Waals surface area contributed by atoms with Crippen molar-refractivity contribution in [2.45, 2.75) is 38.3 Å². The number of rotatable bonds is 3. The molecule has 0 aromatic heterocycles. The molecule has 0 heterocycles. The zero-order valence-corrected chi connectivity index (χ0v) is 10.5. The Labute approximate surface area is 98.4 Å². The third-order valence-corrected chi connectivity index (χ3v) is 3.52. The van der Waals surface area contributed by atoms with E-state index in [1.54, 1.807) is 0 Å². The van der Waals surface area contributed by atoms with Crippen molar-refractivity contribution < 1.29 is 0 Å². The molecule has 1 aliphatic rings. The van der Waals surface area contributed by atoms with Gasteiger partial charge in [-0.15, -0.1) is 0 Å². The summed E-state index contributed by atoms with van der Waals surface area (Å²) < 4.78 is 0.